The van der Waals surface area contributed by atoms with Gasteiger partial charge in [-0.25, -0.2) is 4.98 Å². The van der Waals surface area contributed by atoms with Crippen LogP contribution in [0, 0.1) is 0 Å². The van der Waals surface area contributed by atoms with Gasteiger partial charge in [0.15, 0.2) is 0 Å². The molecule has 5 nitrogen and oxygen atoms in total. The summed E-state index contributed by atoms with van der Waals surface area (Å²) in [5.74, 6) is 0.624. The third-order valence-electron chi connectivity index (χ3n) is 3.81. The van der Waals surface area contributed by atoms with Crippen molar-refractivity contribution in [2.45, 2.75) is 0 Å². The van der Waals surface area contributed by atoms with E-state index in [4.69, 9.17) is 11.6 Å². The molecule has 0 saturated heterocycles. The number of anilines is 2. The first-order valence-corrected chi connectivity index (χ1v) is 7.83. The Balaban J connectivity index is 1.79. The monoisotopic (exact) mass is 335 g/mol. The van der Waals surface area contributed by atoms with Gasteiger partial charge in [0.25, 0.3) is 0 Å². The molecule has 24 heavy (non-hydrogen) atoms. The van der Waals surface area contributed by atoms with E-state index in [2.05, 4.69) is 26.4 Å². The van der Waals surface area contributed by atoms with Crippen LogP contribution >= 0.6 is 11.6 Å². The fourth-order valence-corrected chi connectivity index (χ4v) is 2.85. The zero-order valence-corrected chi connectivity index (χ0v) is 13.7. The lowest BCUT2D eigenvalue weighted by Crippen LogP contribution is -1.95. The first kappa shape index (κ1) is 14.7. The largest absolute Gasteiger partial charge is 0.339 e. The van der Waals surface area contributed by atoms with E-state index < -0.39 is 0 Å². The molecule has 0 bridgehead atoms. The highest BCUT2D eigenvalue weighted by Gasteiger charge is 2.10. The van der Waals surface area contributed by atoms with Gasteiger partial charge in [-0.15, -0.1) is 0 Å². The molecular formula is C18H14ClN5. The molecule has 0 radical (unpaired) electrons. The number of nitrogens with zero attached hydrogens (tertiary/aromatic N) is 4. The maximum absolute atomic E-state index is 6.59. The van der Waals surface area contributed by atoms with E-state index in [0.29, 0.717) is 10.8 Å². The summed E-state index contributed by atoms with van der Waals surface area (Å²) in [6.07, 6.45) is 9.08. The molecule has 0 aliphatic heterocycles. The van der Waals surface area contributed by atoms with Crippen molar-refractivity contribution in [3.8, 4) is 11.1 Å². The lowest BCUT2D eigenvalue weighted by molar-refractivity contribution is 0.768. The number of nitrogens with one attached hydrogen (secondary N) is 1. The van der Waals surface area contributed by atoms with E-state index in [1.165, 1.54) is 0 Å². The molecule has 0 unspecified atom stereocenters. The molecule has 3 heterocycles. The number of aryl methyl sites for hydroxylation is 1. The van der Waals surface area contributed by atoms with Gasteiger partial charge in [-0.1, -0.05) is 23.7 Å². The van der Waals surface area contributed by atoms with Crippen molar-refractivity contribution in [2.75, 3.05) is 5.32 Å². The van der Waals surface area contributed by atoms with Crippen molar-refractivity contribution < 1.29 is 0 Å². The maximum Gasteiger partial charge on any atom is 0.149 e. The molecule has 118 valence electrons. The summed E-state index contributed by atoms with van der Waals surface area (Å²) < 4.78 is 1.78. The Kier molecular flexibility index (Phi) is 3.63. The first-order valence-electron chi connectivity index (χ1n) is 7.45. The second-order valence-electron chi connectivity index (χ2n) is 5.49. The third kappa shape index (κ3) is 2.70. The predicted octanol–water partition coefficient (Wildman–Crippen LogP) is 4.43. The first-order chi connectivity index (χ1) is 11.7. The minimum Gasteiger partial charge on any atom is -0.339 e. The summed E-state index contributed by atoms with van der Waals surface area (Å²) in [6, 6.07) is 9.87. The molecule has 4 aromatic rings. The zero-order valence-electron chi connectivity index (χ0n) is 12.9. The van der Waals surface area contributed by atoms with Gasteiger partial charge in [-0.3, -0.25) is 9.67 Å². The van der Waals surface area contributed by atoms with Crippen LogP contribution in [0.2, 0.25) is 5.02 Å². The second kappa shape index (κ2) is 5.94. The van der Waals surface area contributed by atoms with Crippen molar-refractivity contribution in [2.24, 2.45) is 7.05 Å². The average molecular weight is 336 g/mol. The Bertz CT molecular complexity index is 1010. The van der Waals surface area contributed by atoms with E-state index >= 15 is 0 Å². The number of hydrogen-bond donors (Lipinski definition) is 1. The minimum absolute atomic E-state index is 0.593. The molecular weight excluding hydrogens is 322 g/mol. The third-order valence-corrected chi connectivity index (χ3v) is 4.19. The molecule has 6 heteroatoms. The van der Waals surface area contributed by atoms with Crippen LogP contribution in [-0.4, -0.2) is 19.7 Å². The zero-order chi connectivity index (χ0) is 16.5. The smallest absolute Gasteiger partial charge is 0.149 e. The Morgan fingerprint density at radius 3 is 2.62 bits per heavy atom. The molecule has 1 aromatic carbocycles. The van der Waals surface area contributed by atoms with E-state index in [-0.39, 0.29) is 0 Å². The molecule has 0 amide bonds. The normalized spacial score (nSPS) is 10.9. The number of rotatable bonds is 3. The van der Waals surface area contributed by atoms with Crippen LogP contribution in [0.3, 0.4) is 0 Å². The SMILES string of the molecule is Cn1cc(-c2ccc3cnc(Nc4ccncc4)c(Cl)c3c2)cn1. The summed E-state index contributed by atoms with van der Waals surface area (Å²) in [4.78, 5) is 8.43. The van der Waals surface area contributed by atoms with Gasteiger partial charge in [0.2, 0.25) is 0 Å². The van der Waals surface area contributed by atoms with Crippen LogP contribution in [0.15, 0.2) is 61.3 Å². The van der Waals surface area contributed by atoms with Crippen molar-refractivity contribution in [3.05, 3.63) is 66.3 Å². The summed E-state index contributed by atoms with van der Waals surface area (Å²) in [5, 5.41) is 9.98. The molecule has 0 aliphatic carbocycles. The van der Waals surface area contributed by atoms with Gasteiger partial charge in [0.1, 0.15) is 5.82 Å². The second-order valence-corrected chi connectivity index (χ2v) is 5.86. The Hall–Kier alpha value is -2.92. The van der Waals surface area contributed by atoms with Crippen LogP contribution in [0.25, 0.3) is 21.9 Å². The van der Waals surface area contributed by atoms with E-state index in [1.54, 1.807) is 17.1 Å². The molecule has 4 rings (SSSR count). The van der Waals surface area contributed by atoms with Crippen molar-refractivity contribution in [1.29, 1.82) is 0 Å². The number of fused-ring (bicyclic) bond motifs is 1. The molecule has 0 fully saturated rings. The number of halogens is 1. The summed E-state index contributed by atoms with van der Waals surface area (Å²) in [5.41, 5.74) is 3.01. The summed E-state index contributed by atoms with van der Waals surface area (Å²) in [6.45, 7) is 0. The van der Waals surface area contributed by atoms with Gasteiger partial charge in [0, 0.05) is 53.9 Å². The fourth-order valence-electron chi connectivity index (χ4n) is 2.59. The summed E-state index contributed by atoms with van der Waals surface area (Å²) >= 11 is 6.59. The standard InChI is InChI=1S/C18H14ClN5/c1-24-11-14(10-22-24)12-2-3-13-9-21-18(17(19)16(13)8-12)23-15-4-6-20-7-5-15/h2-11H,1H3,(H,20,21,23). The van der Waals surface area contributed by atoms with E-state index in [9.17, 15) is 0 Å². The number of benzene rings is 1. The van der Waals surface area contributed by atoms with Gasteiger partial charge in [0.05, 0.1) is 11.2 Å². The van der Waals surface area contributed by atoms with Gasteiger partial charge >= 0.3 is 0 Å². The quantitative estimate of drug-likeness (QED) is 0.602. The Morgan fingerprint density at radius 1 is 1.04 bits per heavy atom. The van der Waals surface area contributed by atoms with Gasteiger partial charge in [-0.05, 0) is 23.8 Å². The molecule has 0 spiro atoms. The van der Waals surface area contributed by atoms with Crippen LogP contribution < -0.4 is 5.32 Å². The van der Waals surface area contributed by atoms with Gasteiger partial charge < -0.3 is 5.32 Å². The lowest BCUT2D eigenvalue weighted by Gasteiger charge is -2.10. The van der Waals surface area contributed by atoms with Crippen LogP contribution in [0.4, 0.5) is 11.5 Å². The van der Waals surface area contributed by atoms with Crippen molar-refractivity contribution in [1.82, 2.24) is 19.7 Å². The number of pyridine rings is 2. The Labute approximate surface area is 143 Å². The van der Waals surface area contributed by atoms with Crippen molar-refractivity contribution >= 4 is 33.9 Å². The fraction of sp³-hybridized carbons (Fsp3) is 0.0556. The van der Waals surface area contributed by atoms with Crippen LogP contribution in [0.1, 0.15) is 0 Å². The van der Waals surface area contributed by atoms with Crippen molar-refractivity contribution in [3.63, 3.8) is 0 Å². The Morgan fingerprint density at radius 2 is 1.88 bits per heavy atom. The number of aromatic nitrogens is 4. The molecule has 0 aliphatic rings. The van der Waals surface area contributed by atoms with E-state index in [1.807, 2.05) is 49.9 Å². The van der Waals surface area contributed by atoms with Crippen LogP contribution in [-0.2, 0) is 7.05 Å². The number of hydrogen-bond acceptors (Lipinski definition) is 4. The molecule has 0 atom stereocenters. The highest BCUT2D eigenvalue weighted by molar-refractivity contribution is 6.38. The van der Waals surface area contributed by atoms with Crippen LogP contribution in [0.5, 0.6) is 0 Å². The maximum atomic E-state index is 6.59. The average Bonchev–Trinajstić information content (AvgIpc) is 3.05. The van der Waals surface area contributed by atoms with Gasteiger partial charge in [-0.2, -0.15) is 5.10 Å². The summed E-state index contributed by atoms with van der Waals surface area (Å²) in [7, 11) is 1.90. The molecule has 0 saturated carbocycles. The molecule has 1 N–H and O–H groups in total. The lowest BCUT2D eigenvalue weighted by atomic mass is 10.0. The minimum atomic E-state index is 0.593. The predicted molar refractivity (Wildman–Crippen MR) is 96.5 cm³/mol. The topological polar surface area (TPSA) is 55.6 Å². The highest BCUT2D eigenvalue weighted by Crippen LogP contribution is 2.33. The van der Waals surface area contributed by atoms with E-state index in [0.717, 1.165) is 27.6 Å². The highest BCUT2D eigenvalue weighted by atomic mass is 35.5. The molecule has 3 aromatic heterocycles.